The van der Waals surface area contributed by atoms with E-state index in [1.165, 1.54) is 4.90 Å². The lowest BCUT2D eigenvalue weighted by Gasteiger charge is -2.38. The van der Waals surface area contributed by atoms with Gasteiger partial charge in [-0.1, -0.05) is 0 Å². The van der Waals surface area contributed by atoms with Crippen molar-refractivity contribution in [2.75, 3.05) is 6.54 Å². The van der Waals surface area contributed by atoms with Crippen molar-refractivity contribution in [1.29, 1.82) is 0 Å². The van der Waals surface area contributed by atoms with Crippen molar-refractivity contribution < 1.29 is 19.5 Å². The van der Waals surface area contributed by atoms with E-state index in [2.05, 4.69) is 0 Å². The first-order valence-corrected chi connectivity index (χ1v) is 7.33. The average molecular weight is 280 g/mol. The summed E-state index contributed by atoms with van der Waals surface area (Å²) in [6.07, 6.45) is 3.23. The molecule has 0 aromatic carbocycles. The highest BCUT2D eigenvalue weighted by Gasteiger charge is 2.49. The van der Waals surface area contributed by atoms with Crippen molar-refractivity contribution in [3.05, 3.63) is 0 Å². The number of rotatable bonds is 3. The van der Waals surface area contributed by atoms with Gasteiger partial charge in [0.1, 0.15) is 0 Å². The summed E-state index contributed by atoms with van der Waals surface area (Å²) in [5.74, 6) is -1.22. The third-order valence-electron chi connectivity index (χ3n) is 4.75. The normalized spacial score (nSPS) is 35.6. The molecule has 0 aromatic rings. The summed E-state index contributed by atoms with van der Waals surface area (Å²) in [7, 11) is 0. The summed E-state index contributed by atoms with van der Waals surface area (Å²) in [5.41, 5.74) is 0. The quantitative estimate of drug-likeness (QED) is 0.760. The van der Waals surface area contributed by atoms with Gasteiger partial charge in [0.15, 0.2) is 0 Å². The summed E-state index contributed by atoms with van der Waals surface area (Å²) in [5, 5.41) is 9.08. The molecule has 2 heterocycles. The number of aliphatic carboxylic acids is 1. The third kappa shape index (κ3) is 2.22. The minimum atomic E-state index is -0.759. The Bertz CT molecular complexity index is 460. The molecule has 0 aromatic heterocycles. The van der Waals surface area contributed by atoms with Crippen LogP contribution in [0.25, 0.3) is 0 Å². The monoisotopic (exact) mass is 280 g/mol. The van der Waals surface area contributed by atoms with Crippen LogP contribution in [0.15, 0.2) is 0 Å². The van der Waals surface area contributed by atoms with Gasteiger partial charge in [-0.2, -0.15) is 0 Å². The first kappa shape index (κ1) is 13.5. The molecule has 3 fully saturated rings. The molecule has 2 aliphatic heterocycles. The van der Waals surface area contributed by atoms with Gasteiger partial charge >= 0.3 is 5.97 Å². The molecule has 3 unspecified atom stereocenters. The smallest absolute Gasteiger partial charge is 0.306 e. The molecule has 3 aliphatic rings. The van der Waals surface area contributed by atoms with E-state index in [-0.39, 0.29) is 42.3 Å². The van der Waals surface area contributed by atoms with Crippen molar-refractivity contribution in [2.24, 2.45) is 5.92 Å². The van der Waals surface area contributed by atoms with E-state index in [4.69, 9.17) is 5.11 Å². The van der Waals surface area contributed by atoms with Crippen LogP contribution in [-0.2, 0) is 14.4 Å². The van der Waals surface area contributed by atoms with Crippen LogP contribution in [0.3, 0.4) is 0 Å². The predicted octanol–water partition coefficient (Wildman–Crippen LogP) is 0.461. The molecule has 110 valence electrons. The Morgan fingerprint density at radius 3 is 2.50 bits per heavy atom. The van der Waals surface area contributed by atoms with Crippen LogP contribution in [0.5, 0.6) is 0 Å². The number of carboxylic acids is 1. The highest BCUT2D eigenvalue weighted by molar-refractivity contribution is 6.06. The molecule has 0 spiro atoms. The third-order valence-corrected chi connectivity index (χ3v) is 4.75. The molecule has 3 atom stereocenters. The fourth-order valence-electron chi connectivity index (χ4n) is 3.49. The molecule has 2 amide bonds. The molecular weight excluding hydrogens is 260 g/mol. The number of nitrogens with zero attached hydrogens (tertiary/aromatic N) is 2. The average Bonchev–Trinajstić information content (AvgIpc) is 3.16. The fourth-order valence-corrected chi connectivity index (χ4v) is 3.49. The molecular formula is C14H20N2O4. The summed E-state index contributed by atoms with van der Waals surface area (Å²) >= 11 is 0. The SMILES string of the molecule is CC1CC(C(=O)O)CCN1C1CC(=O)N(C2CC2)C1=O. The highest BCUT2D eigenvalue weighted by atomic mass is 16.4. The second-order valence-corrected chi connectivity index (χ2v) is 6.20. The Morgan fingerprint density at radius 2 is 1.95 bits per heavy atom. The topological polar surface area (TPSA) is 77.9 Å². The van der Waals surface area contributed by atoms with Gasteiger partial charge in [0.25, 0.3) is 0 Å². The van der Waals surface area contributed by atoms with Gasteiger partial charge in [0.2, 0.25) is 11.8 Å². The van der Waals surface area contributed by atoms with Crippen molar-refractivity contribution >= 4 is 17.8 Å². The van der Waals surface area contributed by atoms with Crippen LogP contribution in [-0.4, -0.2) is 57.4 Å². The van der Waals surface area contributed by atoms with Crippen LogP contribution in [0, 0.1) is 5.92 Å². The number of amides is 2. The number of imide groups is 1. The van der Waals surface area contributed by atoms with E-state index in [0.29, 0.717) is 19.4 Å². The zero-order valence-corrected chi connectivity index (χ0v) is 11.6. The summed E-state index contributed by atoms with van der Waals surface area (Å²) < 4.78 is 0. The van der Waals surface area contributed by atoms with Crippen molar-refractivity contribution in [2.45, 2.75) is 57.2 Å². The van der Waals surface area contributed by atoms with Crippen molar-refractivity contribution in [3.63, 3.8) is 0 Å². The largest absolute Gasteiger partial charge is 0.481 e. The molecule has 6 heteroatoms. The Balaban J connectivity index is 1.69. The number of hydrogen-bond donors (Lipinski definition) is 1. The molecule has 0 bridgehead atoms. The van der Waals surface area contributed by atoms with Gasteiger partial charge in [-0.3, -0.25) is 24.2 Å². The van der Waals surface area contributed by atoms with Crippen LogP contribution in [0.4, 0.5) is 0 Å². The zero-order valence-electron chi connectivity index (χ0n) is 11.6. The van der Waals surface area contributed by atoms with E-state index in [1.54, 1.807) is 0 Å². The molecule has 2 saturated heterocycles. The lowest BCUT2D eigenvalue weighted by Crippen LogP contribution is -2.51. The highest BCUT2D eigenvalue weighted by Crippen LogP contribution is 2.35. The van der Waals surface area contributed by atoms with E-state index in [0.717, 1.165) is 12.8 Å². The van der Waals surface area contributed by atoms with Crippen molar-refractivity contribution in [1.82, 2.24) is 9.80 Å². The lowest BCUT2D eigenvalue weighted by atomic mass is 9.90. The van der Waals surface area contributed by atoms with Gasteiger partial charge in [-0.05, 0) is 32.6 Å². The first-order chi connectivity index (χ1) is 9.49. The number of piperidine rings is 1. The van der Waals surface area contributed by atoms with Gasteiger partial charge in [0, 0.05) is 18.6 Å². The molecule has 6 nitrogen and oxygen atoms in total. The van der Waals surface area contributed by atoms with Crippen LogP contribution in [0.1, 0.15) is 39.0 Å². The molecule has 3 rings (SSSR count). The van der Waals surface area contributed by atoms with Crippen LogP contribution < -0.4 is 0 Å². The Labute approximate surface area is 117 Å². The molecule has 1 aliphatic carbocycles. The molecule has 20 heavy (non-hydrogen) atoms. The van der Waals surface area contributed by atoms with E-state index < -0.39 is 5.97 Å². The Morgan fingerprint density at radius 1 is 1.25 bits per heavy atom. The summed E-state index contributed by atoms with van der Waals surface area (Å²) in [4.78, 5) is 38.9. The molecule has 0 radical (unpaired) electrons. The van der Waals surface area contributed by atoms with Gasteiger partial charge in [-0.25, -0.2) is 0 Å². The first-order valence-electron chi connectivity index (χ1n) is 7.33. The van der Waals surface area contributed by atoms with Crippen LogP contribution in [0.2, 0.25) is 0 Å². The predicted molar refractivity (Wildman–Crippen MR) is 69.8 cm³/mol. The van der Waals surface area contributed by atoms with E-state index >= 15 is 0 Å². The number of carbonyl (C=O) groups is 3. The van der Waals surface area contributed by atoms with Crippen LogP contribution >= 0.6 is 0 Å². The van der Waals surface area contributed by atoms with Gasteiger partial charge in [0.05, 0.1) is 18.4 Å². The van der Waals surface area contributed by atoms with Crippen molar-refractivity contribution in [3.8, 4) is 0 Å². The maximum atomic E-state index is 12.4. The Hall–Kier alpha value is -1.43. The van der Waals surface area contributed by atoms with E-state index in [9.17, 15) is 14.4 Å². The maximum Gasteiger partial charge on any atom is 0.306 e. The maximum absolute atomic E-state index is 12.4. The number of likely N-dealkylation sites (tertiary alicyclic amines) is 2. The fraction of sp³-hybridized carbons (Fsp3) is 0.786. The van der Waals surface area contributed by atoms with Gasteiger partial charge in [-0.15, -0.1) is 0 Å². The summed E-state index contributed by atoms with van der Waals surface area (Å²) in [6, 6.07) is -0.203. The second kappa shape index (κ2) is 4.84. The molecule has 1 saturated carbocycles. The minimum absolute atomic E-state index is 0.0331. The Kier molecular flexibility index (Phi) is 3.28. The lowest BCUT2D eigenvalue weighted by molar-refractivity contribution is -0.144. The minimum Gasteiger partial charge on any atom is -0.481 e. The summed E-state index contributed by atoms with van der Waals surface area (Å²) in [6.45, 7) is 2.53. The zero-order chi connectivity index (χ0) is 14.4. The van der Waals surface area contributed by atoms with E-state index in [1.807, 2.05) is 11.8 Å². The number of hydrogen-bond acceptors (Lipinski definition) is 4. The standard InChI is InChI=1S/C14H20N2O4/c1-8-6-9(14(19)20)4-5-15(8)11-7-12(17)16(13(11)18)10-2-3-10/h8-11H,2-7H2,1H3,(H,19,20). The molecule has 1 N–H and O–H groups in total. The number of carbonyl (C=O) groups excluding carboxylic acids is 2. The second-order valence-electron chi connectivity index (χ2n) is 6.20. The number of carboxylic acid groups (broad SMARTS) is 1. The van der Waals surface area contributed by atoms with Gasteiger partial charge < -0.3 is 5.11 Å².